The van der Waals surface area contributed by atoms with Crippen molar-refractivity contribution in [2.45, 2.75) is 17.8 Å². The van der Waals surface area contributed by atoms with E-state index in [0.717, 1.165) is 27.5 Å². The molecule has 0 unspecified atom stereocenters. The maximum Gasteiger partial charge on any atom is 0.214 e. The van der Waals surface area contributed by atoms with Crippen LogP contribution < -0.4 is 0 Å². The molecule has 2 heterocycles. The monoisotopic (exact) mass is 333 g/mol. The standard InChI is InChI=1S/C18H15N5S/c1-13-5-2-9-16(11-13)23-18(20-21-22-23)24-12-15-7-3-6-14-8-4-10-19-17(14)15/h2-11H,12H2,1H3. The number of para-hydroxylation sites is 1. The van der Waals surface area contributed by atoms with Gasteiger partial charge in [-0.05, 0) is 46.7 Å². The molecule has 0 saturated carbocycles. The SMILES string of the molecule is Cc1cccc(-n2nnnc2SCc2cccc3cccnc23)c1. The summed E-state index contributed by atoms with van der Waals surface area (Å²) in [6.07, 6.45) is 1.83. The van der Waals surface area contributed by atoms with E-state index in [2.05, 4.69) is 63.8 Å². The highest BCUT2D eigenvalue weighted by Crippen LogP contribution is 2.26. The highest BCUT2D eigenvalue weighted by atomic mass is 32.2. The zero-order chi connectivity index (χ0) is 16.4. The third-order valence-corrected chi connectivity index (χ3v) is 4.73. The number of rotatable bonds is 4. The summed E-state index contributed by atoms with van der Waals surface area (Å²) in [5.41, 5.74) is 4.36. The van der Waals surface area contributed by atoms with Crippen LogP contribution in [-0.2, 0) is 5.75 Å². The average molecular weight is 333 g/mol. The second-order valence-corrected chi connectivity index (χ2v) is 6.44. The summed E-state index contributed by atoms with van der Waals surface area (Å²) in [4.78, 5) is 4.50. The van der Waals surface area contributed by atoms with Crippen molar-refractivity contribution in [1.82, 2.24) is 25.2 Å². The number of aromatic nitrogens is 5. The number of hydrogen-bond acceptors (Lipinski definition) is 5. The van der Waals surface area contributed by atoms with Crippen molar-refractivity contribution in [3.05, 3.63) is 71.9 Å². The molecule has 2 aromatic heterocycles. The number of fused-ring (bicyclic) bond motifs is 1. The van der Waals surface area contributed by atoms with Crippen LogP contribution in [0, 0.1) is 6.92 Å². The number of pyridine rings is 1. The summed E-state index contributed by atoms with van der Waals surface area (Å²) < 4.78 is 1.77. The zero-order valence-electron chi connectivity index (χ0n) is 13.1. The van der Waals surface area contributed by atoms with Gasteiger partial charge in [-0.1, -0.05) is 48.2 Å². The summed E-state index contributed by atoms with van der Waals surface area (Å²) in [5.74, 6) is 0.764. The first-order valence-electron chi connectivity index (χ1n) is 7.62. The van der Waals surface area contributed by atoms with Crippen LogP contribution in [0.1, 0.15) is 11.1 Å². The van der Waals surface area contributed by atoms with E-state index in [-0.39, 0.29) is 0 Å². The largest absolute Gasteiger partial charge is 0.256 e. The summed E-state index contributed by atoms with van der Waals surface area (Å²) in [6.45, 7) is 2.06. The molecule has 0 saturated heterocycles. The Balaban J connectivity index is 1.62. The van der Waals surface area contributed by atoms with E-state index in [1.807, 2.05) is 24.4 Å². The lowest BCUT2D eigenvalue weighted by Crippen LogP contribution is -1.99. The molecule has 0 amide bonds. The van der Waals surface area contributed by atoms with Gasteiger partial charge < -0.3 is 0 Å². The fourth-order valence-corrected chi connectivity index (χ4v) is 3.49. The summed E-state index contributed by atoms with van der Waals surface area (Å²) in [7, 11) is 0. The lowest BCUT2D eigenvalue weighted by atomic mass is 10.1. The van der Waals surface area contributed by atoms with Gasteiger partial charge in [0.2, 0.25) is 5.16 Å². The Kier molecular flexibility index (Phi) is 3.96. The van der Waals surface area contributed by atoms with Gasteiger partial charge in [-0.25, -0.2) is 0 Å². The topological polar surface area (TPSA) is 56.5 Å². The number of thioether (sulfide) groups is 1. The predicted molar refractivity (Wildman–Crippen MR) is 95.2 cm³/mol. The van der Waals surface area contributed by atoms with Crippen molar-refractivity contribution < 1.29 is 0 Å². The molecule has 0 aliphatic carbocycles. The van der Waals surface area contributed by atoms with Gasteiger partial charge >= 0.3 is 0 Å². The second-order valence-electron chi connectivity index (χ2n) is 5.49. The maximum atomic E-state index is 4.50. The van der Waals surface area contributed by atoms with Crippen LogP contribution in [-0.4, -0.2) is 25.2 Å². The van der Waals surface area contributed by atoms with Crippen LogP contribution in [0.25, 0.3) is 16.6 Å². The first-order valence-corrected chi connectivity index (χ1v) is 8.61. The number of aryl methyl sites for hydroxylation is 1. The normalized spacial score (nSPS) is 11.0. The molecule has 5 nitrogen and oxygen atoms in total. The zero-order valence-corrected chi connectivity index (χ0v) is 13.9. The van der Waals surface area contributed by atoms with Crippen LogP contribution in [0.3, 0.4) is 0 Å². The Morgan fingerprint density at radius 1 is 1.04 bits per heavy atom. The fraction of sp³-hybridized carbons (Fsp3) is 0.111. The lowest BCUT2D eigenvalue weighted by Gasteiger charge is -2.07. The highest BCUT2D eigenvalue weighted by molar-refractivity contribution is 7.98. The molecule has 118 valence electrons. The van der Waals surface area contributed by atoms with Crippen LogP contribution in [0.4, 0.5) is 0 Å². The molecule has 6 heteroatoms. The van der Waals surface area contributed by atoms with Crippen molar-refractivity contribution >= 4 is 22.7 Å². The molecule has 0 fully saturated rings. The average Bonchev–Trinajstić information content (AvgIpc) is 3.08. The molecule has 4 rings (SSSR count). The molecule has 4 aromatic rings. The second kappa shape index (κ2) is 6.41. The Morgan fingerprint density at radius 3 is 2.83 bits per heavy atom. The Morgan fingerprint density at radius 2 is 1.92 bits per heavy atom. The predicted octanol–water partition coefficient (Wildman–Crippen LogP) is 3.81. The van der Waals surface area contributed by atoms with Gasteiger partial charge in [0.15, 0.2) is 0 Å². The number of hydrogen-bond donors (Lipinski definition) is 0. The molecule has 2 aromatic carbocycles. The molecule has 24 heavy (non-hydrogen) atoms. The molecule has 0 radical (unpaired) electrons. The third kappa shape index (κ3) is 2.88. The van der Waals surface area contributed by atoms with E-state index in [0.29, 0.717) is 0 Å². The molecule has 0 aliphatic rings. The molecule has 0 bridgehead atoms. The van der Waals surface area contributed by atoms with Crippen LogP contribution in [0.5, 0.6) is 0 Å². The lowest BCUT2D eigenvalue weighted by molar-refractivity contribution is 0.755. The van der Waals surface area contributed by atoms with E-state index in [1.165, 1.54) is 11.1 Å². The number of benzene rings is 2. The van der Waals surface area contributed by atoms with E-state index < -0.39 is 0 Å². The highest BCUT2D eigenvalue weighted by Gasteiger charge is 2.10. The van der Waals surface area contributed by atoms with Crippen molar-refractivity contribution in [3.8, 4) is 5.69 Å². The van der Waals surface area contributed by atoms with Gasteiger partial charge in [0.05, 0.1) is 11.2 Å². The Hall–Kier alpha value is -2.73. The van der Waals surface area contributed by atoms with E-state index in [4.69, 9.17) is 0 Å². The molecular formula is C18H15N5S. The van der Waals surface area contributed by atoms with Crippen LogP contribution in [0.2, 0.25) is 0 Å². The van der Waals surface area contributed by atoms with Gasteiger partial charge in [0.25, 0.3) is 0 Å². The van der Waals surface area contributed by atoms with Gasteiger partial charge in [-0.3, -0.25) is 4.98 Å². The minimum Gasteiger partial charge on any atom is -0.256 e. The minimum atomic E-state index is 0.764. The van der Waals surface area contributed by atoms with Gasteiger partial charge in [-0.15, -0.1) is 5.10 Å². The fourth-order valence-electron chi connectivity index (χ4n) is 2.62. The van der Waals surface area contributed by atoms with Crippen LogP contribution in [0.15, 0.2) is 66.0 Å². The molecule has 0 N–H and O–H groups in total. The maximum absolute atomic E-state index is 4.50. The first kappa shape index (κ1) is 14.8. The van der Waals surface area contributed by atoms with E-state index in [1.54, 1.807) is 16.4 Å². The smallest absolute Gasteiger partial charge is 0.214 e. The van der Waals surface area contributed by atoms with Crippen molar-refractivity contribution in [1.29, 1.82) is 0 Å². The van der Waals surface area contributed by atoms with Crippen LogP contribution >= 0.6 is 11.8 Å². The molecule has 0 spiro atoms. The van der Waals surface area contributed by atoms with E-state index >= 15 is 0 Å². The first-order chi connectivity index (χ1) is 11.8. The summed E-state index contributed by atoms with van der Waals surface area (Å²) in [6, 6.07) is 18.4. The molecule has 0 atom stereocenters. The number of tetrazole rings is 1. The summed E-state index contributed by atoms with van der Waals surface area (Å²) in [5, 5.41) is 14.0. The van der Waals surface area contributed by atoms with E-state index in [9.17, 15) is 0 Å². The molecule has 0 aliphatic heterocycles. The van der Waals surface area contributed by atoms with Crippen molar-refractivity contribution in [2.75, 3.05) is 0 Å². The van der Waals surface area contributed by atoms with Crippen molar-refractivity contribution in [3.63, 3.8) is 0 Å². The third-order valence-electron chi connectivity index (χ3n) is 3.76. The quantitative estimate of drug-likeness (QED) is 0.532. The van der Waals surface area contributed by atoms with Gasteiger partial charge in [0.1, 0.15) is 0 Å². The molecular weight excluding hydrogens is 318 g/mol. The van der Waals surface area contributed by atoms with Gasteiger partial charge in [0, 0.05) is 17.3 Å². The van der Waals surface area contributed by atoms with Crippen molar-refractivity contribution in [2.24, 2.45) is 0 Å². The minimum absolute atomic E-state index is 0.764. The number of nitrogens with zero attached hydrogens (tertiary/aromatic N) is 5. The Bertz CT molecular complexity index is 990. The van der Waals surface area contributed by atoms with Gasteiger partial charge in [-0.2, -0.15) is 4.68 Å². The summed E-state index contributed by atoms with van der Waals surface area (Å²) >= 11 is 1.61. The Labute approximate surface area is 143 Å².